The van der Waals surface area contributed by atoms with Gasteiger partial charge in [-0.3, -0.25) is 14.4 Å². The first kappa shape index (κ1) is 76.6. The molecule has 1 unspecified atom stereocenters. The summed E-state index contributed by atoms with van der Waals surface area (Å²) in [5.41, 5.74) is 0. The second kappa shape index (κ2) is 68.1. The largest absolute Gasteiger partial charge is 0.462 e. The maximum absolute atomic E-state index is 12.9. The van der Waals surface area contributed by atoms with Gasteiger partial charge in [0.05, 0.1) is 0 Å². The van der Waals surface area contributed by atoms with Crippen molar-refractivity contribution in [2.75, 3.05) is 13.2 Å². The van der Waals surface area contributed by atoms with Crippen LogP contribution < -0.4 is 0 Å². The summed E-state index contributed by atoms with van der Waals surface area (Å²) in [4.78, 5) is 38.1. The molecule has 0 bridgehead atoms. The van der Waals surface area contributed by atoms with Gasteiger partial charge in [-0.15, -0.1) is 0 Å². The summed E-state index contributed by atoms with van der Waals surface area (Å²) < 4.78 is 16.9. The molecule has 0 aromatic heterocycles. The first-order chi connectivity index (χ1) is 39.5. The van der Waals surface area contributed by atoms with Crippen LogP contribution in [0.1, 0.15) is 348 Å². The smallest absolute Gasteiger partial charge is 0.306 e. The van der Waals surface area contributed by atoms with E-state index in [-0.39, 0.29) is 31.1 Å². The highest BCUT2D eigenvalue weighted by atomic mass is 16.6. The highest BCUT2D eigenvalue weighted by Crippen LogP contribution is 2.17. The Morgan fingerprint density at radius 3 is 0.762 bits per heavy atom. The molecule has 0 aromatic rings. The van der Waals surface area contributed by atoms with Gasteiger partial charge in [-0.2, -0.15) is 0 Å². The third-order valence-corrected chi connectivity index (χ3v) is 15.1. The fourth-order valence-corrected chi connectivity index (χ4v) is 9.97. The van der Waals surface area contributed by atoms with E-state index in [1.807, 2.05) is 0 Å². The van der Waals surface area contributed by atoms with Crippen LogP contribution >= 0.6 is 0 Å². The molecular weight excluding hydrogens is 985 g/mol. The van der Waals surface area contributed by atoms with Gasteiger partial charge in [0.2, 0.25) is 0 Å². The van der Waals surface area contributed by atoms with Gasteiger partial charge >= 0.3 is 17.9 Å². The summed E-state index contributed by atoms with van der Waals surface area (Å²) in [6, 6.07) is 0. The number of rotatable bonds is 63. The predicted octanol–water partition coefficient (Wildman–Crippen LogP) is 23.8. The van der Waals surface area contributed by atoms with Crippen LogP contribution in [0.5, 0.6) is 0 Å². The molecule has 0 fully saturated rings. The molecule has 6 nitrogen and oxygen atoms in total. The lowest BCUT2D eigenvalue weighted by molar-refractivity contribution is -0.167. The summed E-state index contributed by atoms with van der Waals surface area (Å²) in [7, 11) is 0. The Balaban J connectivity index is 4.03. The minimum absolute atomic E-state index is 0.0734. The number of ether oxygens (including phenoxy) is 3. The molecule has 462 valence electrons. The van der Waals surface area contributed by atoms with Crippen LogP contribution in [-0.2, 0) is 28.6 Å². The zero-order valence-electron chi connectivity index (χ0n) is 53.1. The average molecular weight is 1120 g/mol. The summed E-state index contributed by atoms with van der Waals surface area (Å²) >= 11 is 0. The van der Waals surface area contributed by atoms with Crippen LogP contribution in [0.4, 0.5) is 0 Å². The lowest BCUT2D eigenvalue weighted by Crippen LogP contribution is -2.30. The van der Waals surface area contributed by atoms with Gasteiger partial charge in [-0.25, -0.2) is 0 Å². The molecule has 0 aliphatic heterocycles. The predicted molar refractivity (Wildman–Crippen MR) is 348 cm³/mol. The quantitative estimate of drug-likeness (QED) is 0.0261. The molecule has 0 aromatic carbocycles. The van der Waals surface area contributed by atoms with E-state index in [2.05, 4.69) is 106 Å². The molecule has 6 heteroatoms. The molecule has 1 atom stereocenters. The summed E-state index contributed by atoms with van der Waals surface area (Å²) in [5, 5.41) is 0. The van der Waals surface area contributed by atoms with Gasteiger partial charge in [0, 0.05) is 19.3 Å². The topological polar surface area (TPSA) is 78.9 Å². The standard InChI is InChI=1S/C74H130O6/c1-4-7-10-13-16-18-20-22-24-26-28-30-32-34-36-37-39-40-42-44-46-48-50-52-54-56-58-61-64-67-73(76)79-70-71(69-78-72(75)66-63-60-15-12-9-6-3)80-74(77)68-65-62-59-57-55-53-51-49-47-45-43-41-38-35-33-31-29-27-25-23-21-19-17-14-11-8-5-2/h8,11,17,19-20,22-23,25-26,28-29,31-32,34,71H,4-7,9-10,12-16,18,21,24,27,30,33,35-70H2,1-3H3/b11-8-,19-17-,22-20-,25-23-,28-26-,31-29-,34-32-. The maximum atomic E-state index is 12.9. The van der Waals surface area contributed by atoms with E-state index >= 15 is 0 Å². The lowest BCUT2D eigenvalue weighted by atomic mass is 10.0. The Labute approximate surface area is 496 Å². The van der Waals surface area contributed by atoms with E-state index in [1.165, 1.54) is 212 Å². The second-order valence-corrected chi connectivity index (χ2v) is 23.1. The third-order valence-electron chi connectivity index (χ3n) is 15.1. The second-order valence-electron chi connectivity index (χ2n) is 23.1. The molecule has 0 spiro atoms. The van der Waals surface area contributed by atoms with E-state index in [0.717, 1.165) is 96.3 Å². The number of carbonyl (C=O) groups excluding carboxylic acids is 3. The number of hydrogen-bond donors (Lipinski definition) is 0. The van der Waals surface area contributed by atoms with Crippen LogP contribution in [0.3, 0.4) is 0 Å². The van der Waals surface area contributed by atoms with E-state index in [9.17, 15) is 14.4 Å². The van der Waals surface area contributed by atoms with Crippen molar-refractivity contribution in [1.82, 2.24) is 0 Å². The highest BCUT2D eigenvalue weighted by molar-refractivity contribution is 5.71. The van der Waals surface area contributed by atoms with Gasteiger partial charge in [0.15, 0.2) is 6.10 Å². The fourth-order valence-electron chi connectivity index (χ4n) is 9.97. The van der Waals surface area contributed by atoms with E-state index in [4.69, 9.17) is 14.2 Å². The molecular formula is C74H130O6. The van der Waals surface area contributed by atoms with Crippen molar-refractivity contribution in [3.05, 3.63) is 85.1 Å². The summed E-state index contributed by atoms with van der Waals surface area (Å²) in [6.45, 7) is 6.49. The molecule has 0 radical (unpaired) electrons. The van der Waals surface area contributed by atoms with Crippen molar-refractivity contribution in [2.24, 2.45) is 0 Å². The van der Waals surface area contributed by atoms with Gasteiger partial charge in [-0.05, 0) is 96.3 Å². The van der Waals surface area contributed by atoms with Crippen molar-refractivity contribution >= 4 is 17.9 Å². The van der Waals surface area contributed by atoms with E-state index < -0.39 is 6.10 Å². The first-order valence-electron chi connectivity index (χ1n) is 34.6. The van der Waals surface area contributed by atoms with Crippen molar-refractivity contribution < 1.29 is 28.6 Å². The van der Waals surface area contributed by atoms with Crippen LogP contribution in [0.15, 0.2) is 85.1 Å². The van der Waals surface area contributed by atoms with Gasteiger partial charge in [0.1, 0.15) is 13.2 Å². The van der Waals surface area contributed by atoms with Crippen LogP contribution in [0.25, 0.3) is 0 Å². The number of allylic oxidation sites excluding steroid dienone is 14. The summed E-state index contributed by atoms with van der Waals surface area (Å²) in [5.74, 6) is -0.869. The Morgan fingerprint density at radius 2 is 0.487 bits per heavy atom. The van der Waals surface area contributed by atoms with E-state index in [0.29, 0.717) is 19.3 Å². The Bertz CT molecular complexity index is 1520. The monoisotopic (exact) mass is 1110 g/mol. The van der Waals surface area contributed by atoms with Crippen molar-refractivity contribution in [1.29, 1.82) is 0 Å². The Hall–Kier alpha value is -3.41. The molecule has 0 aliphatic carbocycles. The van der Waals surface area contributed by atoms with Crippen molar-refractivity contribution in [2.45, 2.75) is 354 Å². The molecule has 0 heterocycles. The minimum atomic E-state index is -0.774. The van der Waals surface area contributed by atoms with Crippen molar-refractivity contribution in [3.8, 4) is 0 Å². The van der Waals surface area contributed by atoms with Gasteiger partial charge < -0.3 is 14.2 Å². The normalized spacial score (nSPS) is 12.6. The molecule has 0 saturated heterocycles. The molecule has 0 amide bonds. The van der Waals surface area contributed by atoms with Gasteiger partial charge in [-0.1, -0.05) is 318 Å². The van der Waals surface area contributed by atoms with Crippen LogP contribution in [0, 0.1) is 0 Å². The maximum Gasteiger partial charge on any atom is 0.306 e. The molecule has 0 saturated carbocycles. The zero-order chi connectivity index (χ0) is 57.8. The average Bonchev–Trinajstić information content (AvgIpc) is 3.46. The van der Waals surface area contributed by atoms with Crippen LogP contribution in [0.2, 0.25) is 0 Å². The highest BCUT2D eigenvalue weighted by Gasteiger charge is 2.19. The number of hydrogen-bond acceptors (Lipinski definition) is 6. The zero-order valence-corrected chi connectivity index (χ0v) is 53.1. The fraction of sp³-hybridized carbons (Fsp3) is 0.770. The number of carbonyl (C=O) groups is 3. The SMILES string of the molecule is CC/C=C\C/C=C\C/C=C\C/C=C\CCCCCCCCCCCCCCCCC(=O)OC(COC(=O)CCCCCCCC)COC(=O)CCCCCCCCCCCCCCCC/C=C\C/C=C\C/C=C\CCCCCCC. The Kier molecular flexibility index (Phi) is 65.2. The molecule has 0 N–H and O–H groups in total. The molecule has 0 aliphatic rings. The minimum Gasteiger partial charge on any atom is -0.462 e. The molecule has 80 heavy (non-hydrogen) atoms. The van der Waals surface area contributed by atoms with Crippen LogP contribution in [-0.4, -0.2) is 37.2 Å². The Morgan fingerprint density at radius 1 is 0.263 bits per heavy atom. The lowest BCUT2D eigenvalue weighted by Gasteiger charge is -2.18. The summed E-state index contributed by atoms with van der Waals surface area (Å²) in [6.07, 6.45) is 90.8. The number of unbranched alkanes of at least 4 members (excludes halogenated alkanes) is 38. The third kappa shape index (κ3) is 65.4. The van der Waals surface area contributed by atoms with Crippen molar-refractivity contribution in [3.63, 3.8) is 0 Å². The molecule has 0 rings (SSSR count). The first-order valence-corrected chi connectivity index (χ1v) is 34.6. The number of esters is 3. The van der Waals surface area contributed by atoms with E-state index in [1.54, 1.807) is 0 Å². The van der Waals surface area contributed by atoms with Gasteiger partial charge in [0.25, 0.3) is 0 Å².